The molecule has 2 aromatic carbocycles. The fourth-order valence-corrected chi connectivity index (χ4v) is 5.77. The van der Waals surface area contributed by atoms with Gasteiger partial charge in [-0.1, -0.05) is 22.7 Å². The highest BCUT2D eigenvalue weighted by Gasteiger charge is 2.15. The largest absolute Gasteiger partial charge is 0.497 e. The standard InChI is InChI=1S/C18H14N4O2S3/c1-8-19-15-12(25-8)5-4-10-16(15)27-17(20-10)22-18-21-14-11(24-3)6-9(23-2)7-13(14)26-18/h4-7H,1-3H3,(H,20,21,22). The van der Waals surface area contributed by atoms with Crippen molar-refractivity contribution in [3.05, 3.63) is 29.3 Å². The predicted molar refractivity (Wildman–Crippen MR) is 114 cm³/mol. The maximum Gasteiger partial charge on any atom is 0.190 e. The minimum Gasteiger partial charge on any atom is -0.497 e. The first kappa shape index (κ1) is 16.7. The third kappa shape index (κ3) is 2.78. The molecule has 5 aromatic rings. The van der Waals surface area contributed by atoms with E-state index >= 15 is 0 Å². The van der Waals surface area contributed by atoms with E-state index in [1.54, 1.807) is 36.9 Å². The number of nitrogens with zero attached hydrogens (tertiary/aromatic N) is 3. The normalized spacial score (nSPS) is 11.5. The molecule has 0 aliphatic rings. The van der Waals surface area contributed by atoms with Gasteiger partial charge in [0.05, 0.1) is 38.8 Å². The van der Waals surface area contributed by atoms with Crippen LogP contribution in [0.5, 0.6) is 11.5 Å². The summed E-state index contributed by atoms with van der Waals surface area (Å²) in [5, 5.41) is 5.96. The van der Waals surface area contributed by atoms with E-state index in [9.17, 15) is 0 Å². The number of benzene rings is 2. The van der Waals surface area contributed by atoms with Crippen molar-refractivity contribution in [2.75, 3.05) is 19.5 Å². The first-order valence-corrected chi connectivity index (χ1v) is 10.6. The van der Waals surface area contributed by atoms with Gasteiger partial charge in [-0.05, 0) is 25.1 Å². The van der Waals surface area contributed by atoms with Gasteiger partial charge in [-0.2, -0.15) is 0 Å². The van der Waals surface area contributed by atoms with Crippen molar-refractivity contribution in [3.63, 3.8) is 0 Å². The second-order valence-corrected chi connectivity index (χ2v) is 9.10. The lowest BCUT2D eigenvalue weighted by Crippen LogP contribution is -1.89. The Labute approximate surface area is 166 Å². The Morgan fingerprint density at radius 2 is 1.70 bits per heavy atom. The van der Waals surface area contributed by atoms with Crippen molar-refractivity contribution in [1.29, 1.82) is 0 Å². The topological polar surface area (TPSA) is 69.2 Å². The first-order chi connectivity index (χ1) is 13.1. The fraction of sp³-hybridized carbons (Fsp3) is 0.167. The number of aryl methyl sites for hydroxylation is 1. The summed E-state index contributed by atoms with van der Waals surface area (Å²) in [5.74, 6) is 1.44. The number of ether oxygens (including phenoxy) is 2. The molecule has 0 unspecified atom stereocenters. The van der Waals surface area contributed by atoms with Gasteiger partial charge in [0.1, 0.15) is 22.5 Å². The lowest BCUT2D eigenvalue weighted by Gasteiger charge is -2.03. The van der Waals surface area contributed by atoms with Gasteiger partial charge in [0.15, 0.2) is 10.3 Å². The van der Waals surface area contributed by atoms with E-state index in [-0.39, 0.29) is 0 Å². The van der Waals surface area contributed by atoms with Gasteiger partial charge in [-0.3, -0.25) is 0 Å². The molecule has 0 saturated carbocycles. The SMILES string of the molecule is COc1cc(OC)c2nc(Nc3nc4ccc5sc(C)nc5c4s3)sc2c1. The molecular formula is C18H14N4O2S3. The van der Waals surface area contributed by atoms with Gasteiger partial charge in [0.25, 0.3) is 0 Å². The molecule has 0 atom stereocenters. The van der Waals surface area contributed by atoms with Gasteiger partial charge in [0, 0.05) is 6.07 Å². The van der Waals surface area contributed by atoms with Crippen molar-refractivity contribution in [2.24, 2.45) is 0 Å². The third-order valence-corrected chi connectivity index (χ3v) is 6.97. The van der Waals surface area contributed by atoms with Crippen LogP contribution in [0, 0.1) is 6.92 Å². The van der Waals surface area contributed by atoms with Gasteiger partial charge in [0.2, 0.25) is 0 Å². The fourth-order valence-electron chi connectivity index (χ4n) is 2.93. The highest BCUT2D eigenvalue weighted by atomic mass is 32.1. The second kappa shape index (κ2) is 6.29. The Kier molecular flexibility index (Phi) is 3.88. The van der Waals surface area contributed by atoms with Crippen molar-refractivity contribution < 1.29 is 9.47 Å². The zero-order valence-electron chi connectivity index (χ0n) is 14.7. The van der Waals surface area contributed by atoms with E-state index in [4.69, 9.17) is 14.5 Å². The zero-order chi connectivity index (χ0) is 18.5. The van der Waals surface area contributed by atoms with Crippen LogP contribution in [-0.2, 0) is 0 Å². The Morgan fingerprint density at radius 3 is 2.52 bits per heavy atom. The van der Waals surface area contributed by atoms with E-state index in [2.05, 4.69) is 21.4 Å². The van der Waals surface area contributed by atoms with Gasteiger partial charge in [-0.25, -0.2) is 15.0 Å². The van der Waals surface area contributed by atoms with Gasteiger partial charge in [-0.15, -0.1) is 11.3 Å². The summed E-state index contributed by atoms with van der Waals surface area (Å²) in [6.07, 6.45) is 0. The molecule has 27 heavy (non-hydrogen) atoms. The number of hydrogen-bond donors (Lipinski definition) is 1. The molecule has 0 saturated heterocycles. The molecule has 0 amide bonds. The number of anilines is 2. The molecule has 0 aliphatic carbocycles. The highest BCUT2D eigenvalue weighted by molar-refractivity contribution is 7.25. The van der Waals surface area contributed by atoms with Crippen molar-refractivity contribution >= 4 is 74.9 Å². The van der Waals surface area contributed by atoms with E-state index in [0.29, 0.717) is 5.75 Å². The summed E-state index contributed by atoms with van der Waals surface area (Å²) in [5.41, 5.74) is 2.78. The average Bonchev–Trinajstić information content (AvgIpc) is 3.35. The summed E-state index contributed by atoms with van der Waals surface area (Å²) in [6.45, 7) is 2.03. The van der Waals surface area contributed by atoms with Crippen LogP contribution in [0.4, 0.5) is 10.3 Å². The zero-order valence-corrected chi connectivity index (χ0v) is 17.1. The summed E-state index contributed by atoms with van der Waals surface area (Å²) in [6, 6.07) is 7.93. The number of fused-ring (bicyclic) bond motifs is 4. The Morgan fingerprint density at radius 1 is 0.852 bits per heavy atom. The van der Waals surface area contributed by atoms with Gasteiger partial charge >= 0.3 is 0 Å². The number of methoxy groups -OCH3 is 2. The van der Waals surface area contributed by atoms with Crippen molar-refractivity contribution in [3.8, 4) is 11.5 Å². The van der Waals surface area contributed by atoms with Crippen LogP contribution < -0.4 is 14.8 Å². The Hall–Kier alpha value is -2.49. The summed E-state index contributed by atoms with van der Waals surface area (Å²) in [7, 11) is 3.28. The number of thiazole rings is 3. The summed E-state index contributed by atoms with van der Waals surface area (Å²) >= 11 is 4.84. The predicted octanol–water partition coefficient (Wildman–Crippen LogP) is 5.58. The molecule has 6 nitrogen and oxygen atoms in total. The van der Waals surface area contributed by atoms with E-state index in [1.165, 1.54) is 16.0 Å². The first-order valence-electron chi connectivity index (χ1n) is 8.11. The molecule has 0 spiro atoms. The molecular weight excluding hydrogens is 400 g/mol. The minimum atomic E-state index is 0.692. The molecule has 1 N–H and O–H groups in total. The molecule has 9 heteroatoms. The van der Waals surface area contributed by atoms with Crippen LogP contribution >= 0.6 is 34.0 Å². The quantitative estimate of drug-likeness (QED) is 0.414. The van der Waals surface area contributed by atoms with Crippen LogP contribution in [0.3, 0.4) is 0 Å². The molecule has 136 valence electrons. The lowest BCUT2D eigenvalue weighted by atomic mass is 10.3. The van der Waals surface area contributed by atoms with Crippen LogP contribution in [0.15, 0.2) is 24.3 Å². The molecule has 5 rings (SSSR count). The van der Waals surface area contributed by atoms with Crippen LogP contribution in [0.25, 0.3) is 30.6 Å². The molecule has 3 heterocycles. The smallest absolute Gasteiger partial charge is 0.190 e. The van der Waals surface area contributed by atoms with E-state index < -0.39 is 0 Å². The van der Waals surface area contributed by atoms with Gasteiger partial charge < -0.3 is 14.8 Å². The third-order valence-electron chi connectivity index (χ3n) is 4.12. The average molecular weight is 415 g/mol. The number of nitrogens with one attached hydrogen (secondary N) is 1. The summed E-state index contributed by atoms with van der Waals surface area (Å²) in [4.78, 5) is 14.0. The van der Waals surface area contributed by atoms with Crippen molar-refractivity contribution in [2.45, 2.75) is 6.92 Å². The van der Waals surface area contributed by atoms with E-state index in [0.717, 1.165) is 47.0 Å². The highest BCUT2D eigenvalue weighted by Crippen LogP contribution is 2.39. The number of aromatic nitrogens is 3. The molecule has 3 aromatic heterocycles. The minimum absolute atomic E-state index is 0.692. The maximum atomic E-state index is 5.45. The lowest BCUT2D eigenvalue weighted by molar-refractivity contribution is 0.397. The Bertz CT molecular complexity index is 1300. The maximum absolute atomic E-state index is 5.45. The summed E-state index contributed by atoms with van der Waals surface area (Å²) < 4.78 is 14.1. The molecule has 0 fully saturated rings. The molecule has 0 aliphatic heterocycles. The monoisotopic (exact) mass is 414 g/mol. The Balaban J connectivity index is 1.57. The van der Waals surface area contributed by atoms with Crippen LogP contribution in [-0.4, -0.2) is 29.2 Å². The number of hydrogen-bond acceptors (Lipinski definition) is 9. The molecule has 0 bridgehead atoms. The molecule has 0 radical (unpaired) electrons. The van der Waals surface area contributed by atoms with Crippen LogP contribution in [0.1, 0.15) is 5.01 Å². The van der Waals surface area contributed by atoms with Crippen molar-refractivity contribution in [1.82, 2.24) is 15.0 Å². The van der Waals surface area contributed by atoms with E-state index in [1.807, 2.05) is 25.1 Å². The van der Waals surface area contributed by atoms with Crippen LogP contribution in [0.2, 0.25) is 0 Å². The number of rotatable bonds is 4. The second-order valence-electron chi connectivity index (χ2n) is 5.83.